The lowest BCUT2D eigenvalue weighted by Gasteiger charge is -2.33. The Hall–Kier alpha value is -1.80. The van der Waals surface area contributed by atoms with Gasteiger partial charge in [0.2, 0.25) is 0 Å². The molecular weight excluding hydrogens is 468 g/mol. The molecule has 2 atom stereocenters. The van der Waals surface area contributed by atoms with Crippen LogP contribution in [0.25, 0.3) is 0 Å². The van der Waals surface area contributed by atoms with Gasteiger partial charge in [0.05, 0.1) is 29.4 Å². The summed E-state index contributed by atoms with van der Waals surface area (Å²) >= 11 is 0. The SMILES string of the molecule is CCC(C)(CCOC(C)(C)CCNC(C)(C)C(=O)C(CCC(=O)OCc1ccccc1)NC(C)C)OC. The van der Waals surface area contributed by atoms with Crippen molar-refractivity contribution in [2.24, 2.45) is 0 Å². The largest absolute Gasteiger partial charge is 0.461 e. The minimum absolute atomic E-state index is 0.0367. The second kappa shape index (κ2) is 15.6. The minimum atomic E-state index is -0.757. The van der Waals surface area contributed by atoms with E-state index >= 15 is 0 Å². The summed E-state index contributed by atoms with van der Waals surface area (Å²) in [6.07, 6.45) is 3.09. The van der Waals surface area contributed by atoms with Crippen LogP contribution in [0, 0.1) is 0 Å². The highest BCUT2D eigenvalue weighted by Crippen LogP contribution is 2.22. The average molecular weight is 521 g/mol. The molecule has 0 saturated carbocycles. The van der Waals surface area contributed by atoms with Crippen LogP contribution in [-0.2, 0) is 30.4 Å². The number of benzene rings is 1. The fourth-order valence-corrected chi connectivity index (χ4v) is 4.00. The van der Waals surface area contributed by atoms with E-state index in [0.29, 0.717) is 19.6 Å². The van der Waals surface area contributed by atoms with Crippen LogP contribution in [0.15, 0.2) is 30.3 Å². The van der Waals surface area contributed by atoms with Gasteiger partial charge in [-0.15, -0.1) is 0 Å². The second-order valence-electron chi connectivity index (χ2n) is 11.6. The van der Waals surface area contributed by atoms with E-state index in [1.54, 1.807) is 7.11 Å². The molecule has 1 aromatic rings. The van der Waals surface area contributed by atoms with E-state index in [0.717, 1.165) is 24.8 Å². The molecule has 2 unspecified atom stereocenters. The lowest BCUT2D eigenvalue weighted by Crippen LogP contribution is -2.56. The average Bonchev–Trinajstić information content (AvgIpc) is 2.84. The Morgan fingerprint density at radius 2 is 1.65 bits per heavy atom. The molecule has 0 aliphatic heterocycles. The Bertz CT molecular complexity index is 803. The third kappa shape index (κ3) is 13.0. The van der Waals surface area contributed by atoms with Crippen LogP contribution in [0.5, 0.6) is 0 Å². The molecule has 0 aliphatic carbocycles. The molecule has 0 bridgehead atoms. The lowest BCUT2D eigenvalue weighted by atomic mass is 9.90. The van der Waals surface area contributed by atoms with E-state index in [2.05, 4.69) is 38.3 Å². The van der Waals surface area contributed by atoms with E-state index in [-0.39, 0.29) is 42.0 Å². The fourth-order valence-electron chi connectivity index (χ4n) is 4.00. The highest BCUT2D eigenvalue weighted by atomic mass is 16.5. The van der Waals surface area contributed by atoms with Crippen molar-refractivity contribution in [2.45, 2.75) is 123 Å². The van der Waals surface area contributed by atoms with Crippen LogP contribution in [0.2, 0.25) is 0 Å². The molecule has 7 nitrogen and oxygen atoms in total. The smallest absolute Gasteiger partial charge is 0.306 e. The molecule has 37 heavy (non-hydrogen) atoms. The molecule has 0 aromatic heterocycles. The van der Waals surface area contributed by atoms with Gasteiger partial charge in [-0.05, 0) is 72.4 Å². The van der Waals surface area contributed by atoms with Crippen molar-refractivity contribution < 1.29 is 23.8 Å². The maximum atomic E-state index is 13.5. The van der Waals surface area contributed by atoms with Crippen molar-refractivity contribution in [1.29, 1.82) is 0 Å². The Morgan fingerprint density at radius 3 is 2.22 bits per heavy atom. The van der Waals surface area contributed by atoms with Crippen molar-refractivity contribution in [3.05, 3.63) is 35.9 Å². The first-order valence-corrected chi connectivity index (χ1v) is 13.7. The van der Waals surface area contributed by atoms with Gasteiger partial charge in [0.25, 0.3) is 0 Å². The van der Waals surface area contributed by atoms with Crippen LogP contribution in [0.4, 0.5) is 0 Å². The normalized spacial score (nSPS) is 14.9. The quantitative estimate of drug-likeness (QED) is 0.242. The molecule has 212 valence electrons. The summed E-state index contributed by atoms with van der Waals surface area (Å²) in [5.74, 6) is -0.265. The first-order valence-electron chi connectivity index (χ1n) is 13.7. The number of esters is 1. The van der Waals surface area contributed by atoms with Gasteiger partial charge in [-0.3, -0.25) is 9.59 Å². The number of ketones is 1. The van der Waals surface area contributed by atoms with Crippen LogP contribution in [0.1, 0.15) is 93.1 Å². The number of Topliss-reactive ketones (excluding diaryl/α,β-unsaturated/α-hetero) is 1. The van der Waals surface area contributed by atoms with E-state index in [9.17, 15) is 9.59 Å². The molecule has 0 saturated heterocycles. The first kappa shape index (κ1) is 33.2. The zero-order chi connectivity index (χ0) is 28.1. The van der Waals surface area contributed by atoms with Crippen molar-refractivity contribution in [1.82, 2.24) is 10.6 Å². The topological polar surface area (TPSA) is 85.9 Å². The molecule has 0 spiro atoms. The zero-order valence-corrected chi connectivity index (χ0v) is 24.7. The van der Waals surface area contributed by atoms with E-state index < -0.39 is 11.6 Å². The van der Waals surface area contributed by atoms with Crippen LogP contribution >= 0.6 is 0 Å². The van der Waals surface area contributed by atoms with Gasteiger partial charge in [-0.25, -0.2) is 0 Å². The Balaban J connectivity index is 2.58. The van der Waals surface area contributed by atoms with Gasteiger partial charge < -0.3 is 24.8 Å². The van der Waals surface area contributed by atoms with Crippen LogP contribution in [-0.4, -0.2) is 60.8 Å². The summed E-state index contributed by atoms with van der Waals surface area (Å²) in [7, 11) is 1.74. The Morgan fingerprint density at radius 1 is 1.00 bits per heavy atom. The summed E-state index contributed by atoms with van der Waals surface area (Å²) in [6, 6.07) is 9.25. The van der Waals surface area contributed by atoms with E-state index in [1.165, 1.54) is 0 Å². The van der Waals surface area contributed by atoms with E-state index in [4.69, 9.17) is 14.2 Å². The molecule has 7 heteroatoms. The number of nitrogens with one attached hydrogen (secondary N) is 2. The second-order valence-corrected chi connectivity index (χ2v) is 11.6. The molecule has 1 aromatic carbocycles. The summed E-state index contributed by atoms with van der Waals surface area (Å²) < 4.78 is 17.2. The molecule has 0 amide bonds. The predicted molar refractivity (Wildman–Crippen MR) is 150 cm³/mol. The predicted octanol–water partition coefficient (Wildman–Crippen LogP) is 5.20. The fraction of sp³-hybridized carbons (Fsp3) is 0.733. The van der Waals surface area contributed by atoms with Crippen molar-refractivity contribution in [3.8, 4) is 0 Å². The van der Waals surface area contributed by atoms with Gasteiger partial charge in [0.15, 0.2) is 5.78 Å². The van der Waals surface area contributed by atoms with Crippen molar-refractivity contribution in [3.63, 3.8) is 0 Å². The molecule has 0 fully saturated rings. The number of methoxy groups -OCH3 is 1. The third-order valence-electron chi connectivity index (χ3n) is 7.01. The number of carbonyl (C=O) groups is 2. The van der Waals surface area contributed by atoms with Gasteiger partial charge in [0, 0.05) is 19.6 Å². The maximum Gasteiger partial charge on any atom is 0.306 e. The highest BCUT2D eigenvalue weighted by molar-refractivity contribution is 5.92. The van der Waals surface area contributed by atoms with E-state index in [1.807, 2.05) is 58.0 Å². The molecule has 2 N–H and O–H groups in total. The Labute approximate surface area is 225 Å². The standard InChI is InChI=1S/C30H52N2O5/c1-10-30(8,35-9)19-21-37-28(4,5)18-20-31-29(6,7)27(34)25(32-23(2)3)16-17-26(33)36-22-24-14-12-11-13-15-24/h11-15,23,25,31-32H,10,16-22H2,1-9H3. The molecular formula is C30H52N2O5. The van der Waals surface area contributed by atoms with Gasteiger partial charge in [-0.2, -0.15) is 0 Å². The minimum Gasteiger partial charge on any atom is -0.461 e. The first-order chi connectivity index (χ1) is 17.2. The number of hydrogen-bond acceptors (Lipinski definition) is 7. The maximum absolute atomic E-state index is 13.5. The number of rotatable bonds is 19. The van der Waals surface area contributed by atoms with Crippen molar-refractivity contribution >= 4 is 11.8 Å². The summed E-state index contributed by atoms with van der Waals surface area (Å²) in [4.78, 5) is 25.8. The van der Waals surface area contributed by atoms with Crippen LogP contribution in [0.3, 0.4) is 0 Å². The summed E-state index contributed by atoms with van der Waals surface area (Å²) in [6.45, 7) is 17.7. The van der Waals surface area contributed by atoms with Gasteiger partial charge >= 0.3 is 5.97 Å². The lowest BCUT2D eigenvalue weighted by molar-refractivity contribution is -0.145. The van der Waals surface area contributed by atoms with Gasteiger partial charge in [-0.1, -0.05) is 51.1 Å². The molecule has 0 radical (unpaired) electrons. The monoisotopic (exact) mass is 520 g/mol. The third-order valence-corrected chi connectivity index (χ3v) is 7.01. The zero-order valence-electron chi connectivity index (χ0n) is 24.7. The molecule has 0 heterocycles. The summed E-state index contributed by atoms with van der Waals surface area (Å²) in [5.41, 5.74) is -0.311. The number of hydrogen-bond donors (Lipinski definition) is 2. The van der Waals surface area contributed by atoms with Crippen molar-refractivity contribution in [2.75, 3.05) is 20.3 Å². The molecule has 0 aliphatic rings. The van der Waals surface area contributed by atoms with Crippen LogP contribution < -0.4 is 10.6 Å². The summed E-state index contributed by atoms with van der Waals surface area (Å²) in [5, 5.41) is 6.76. The highest BCUT2D eigenvalue weighted by Gasteiger charge is 2.34. The Kier molecular flexibility index (Phi) is 14.0. The van der Waals surface area contributed by atoms with Gasteiger partial charge in [0.1, 0.15) is 6.61 Å². The molecule has 1 rings (SSSR count). The number of carbonyl (C=O) groups excluding carboxylic acids is 2. The number of ether oxygens (including phenoxy) is 3.